The molecule has 6 heteroatoms. The first kappa shape index (κ1) is 15.4. The van der Waals surface area contributed by atoms with Crippen molar-refractivity contribution in [2.24, 2.45) is 5.73 Å². The number of carboxylic acids is 1. The van der Waals surface area contributed by atoms with Gasteiger partial charge in [-0.05, 0) is 25.3 Å². The van der Waals surface area contributed by atoms with E-state index in [1.54, 1.807) is 23.1 Å². The first-order valence-electron chi connectivity index (χ1n) is 7.00. The van der Waals surface area contributed by atoms with E-state index in [2.05, 4.69) is 0 Å². The van der Waals surface area contributed by atoms with Crippen LogP contribution in [0.25, 0.3) is 0 Å². The highest BCUT2D eigenvalue weighted by Gasteiger charge is 2.35. The fourth-order valence-corrected chi connectivity index (χ4v) is 2.20. The Morgan fingerprint density at radius 1 is 1.38 bits per heavy atom. The highest BCUT2D eigenvalue weighted by molar-refractivity contribution is 5.82. The van der Waals surface area contributed by atoms with Gasteiger partial charge in [-0.2, -0.15) is 0 Å². The van der Waals surface area contributed by atoms with E-state index in [1.165, 1.54) is 6.07 Å². The summed E-state index contributed by atoms with van der Waals surface area (Å²) in [5.74, 6) is -1.64. The minimum absolute atomic E-state index is 0.0907. The molecule has 0 heterocycles. The van der Waals surface area contributed by atoms with Crippen molar-refractivity contribution in [2.45, 2.75) is 44.3 Å². The molecule has 0 saturated heterocycles. The average Bonchev–Trinajstić information content (AvgIpc) is 3.27. The van der Waals surface area contributed by atoms with E-state index in [9.17, 15) is 14.0 Å². The predicted molar refractivity (Wildman–Crippen MR) is 74.8 cm³/mol. The van der Waals surface area contributed by atoms with Crippen molar-refractivity contribution in [2.75, 3.05) is 0 Å². The molecule has 1 aromatic carbocycles. The van der Waals surface area contributed by atoms with Crippen LogP contribution in [-0.2, 0) is 16.1 Å². The lowest BCUT2D eigenvalue weighted by Crippen LogP contribution is -2.44. The largest absolute Gasteiger partial charge is 0.481 e. The van der Waals surface area contributed by atoms with Crippen LogP contribution in [0.3, 0.4) is 0 Å². The highest BCUT2D eigenvalue weighted by atomic mass is 19.1. The van der Waals surface area contributed by atoms with Gasteiger partial charge in [-0.25, -0.2) is 4.39 Å². The molecule has 2 rings (SSSR count). The number of carbonyl (C=O) groups excluding carboxylic acids is 1. The van der Waals surface area contributed by atoms with Crippen molar-refractivity contribution in [3.63, 3.8) is 0 Å². The molecule has 0 bridgehead atoms. The summed E-state index contributed by atoms with van der Waals surface area (Å²) in [6, 6.07) is 5.55. The van der Waals surface area contributed by atoms with Crippen LogP contribution in [-0.4, -0.2) is 34.0 Å². The van der Waals surface area contributed by atoms with Gasteiger partial charge in [-0.3, -0.25) is 9.59 Å². The Hall–Kier alpha value is -1.95. The summed E-state index contributed by atoms with van der Waals surface area (Å²) in [6.07, 6.45) is 1.71. The first-order valence-corrected chi connectivity index (χ1v) is 7.00. The third kappa shape index (κ3) is 4.26. The summed E-state index contributed by atoms with van der Waals surface area (Å²) < 4.78 is 13.7. The Kier molecular flexibility index (Phi) is 4.90. The number of halogens is 1. The standard InChI is InChI=1S/C15H19FN2O3/c16-12-4-2-1-3-10(12)9-18(11-5-6-11)15(21)13(17)7-8-14(19)20/h1-4,11,13H,5-9,17H2,(H,19,20). The van der Waals surface area contributed by atoms with Crippen LogP contribution in [0.5, 0.6) is 0 Å². The SMILES string of the molecule is NC(CCC(=O)O)C(=O)N(Cc1ccccc1F)C1CC1. The molecule has 0 aromatic heterocycles. The van der Waals surface area contributed by atoms with Gasteiger partial charge in [0.1, 0.15) is 5.82 Å². The number of nitrogens with two attached hydrogens (primary N) is 1. The number of carboxylic acid groups (broad SMARTS) is 1. The Bertz CT molecular complexity index is 531. The molecule has 1 atom stereocenters. The fraction of sp³-hybridized carbons (Fsp3) is 0.467. The zero-order valence-electron chi connectivity index (χ0n) is 11.7. The Balaban J connectivity index is 2.03. The van der Waals surface area contributed by atoms with E-state index in [1.807, 2.05) is 0 Å². The highest BCUT2D eigenvalue weighted by Crippen LogP contribution is 2.29. The van der Waals surface area contributed by atoms with Crippen LogP contribution in [0.2, 0.25) is 0 Å². The molecule has 0 spiro atoms. The average molecular weight is 294 g/mol. The zero-order valence-corrected chi connectivity index (χ0v) is 11.7. The molecule has 1 unspecified atom stereocenters. The van der Waals surface area contributed by atoms with Gasteiger partial charge in [0.25, 0.3) is 0 Å². The van der Waals surface area contributed by atoms with Crippen LogP contribution in [0.15, 0.2) is 24.3 Å². The van der Waals surface area contributed by atoms with Gasteiger partial charge in [-0.1, -0.05) is 18.2 Å². The number of nitrogens with zero attached hydrogens (tertiary/aromatic N) is 1. The first-order chi connectivity index (χ1) is 9.99. The molecule has 114 valence electrons. The van der Waals surface area contributed by atoms with Crippen molar-refractivity contribution in [1.29, 1.82) is 0 Å². The second-order valence-corrected chi connectivity index (χ2v) is 5.33. The molecule has 1 amide bonds. The Labute approximate surface area is 122 Å². The van der Waals surface area contributed by atoms with Gasteiger partial charge in [-0.15, -0.1) is 0 Å². The molecular formula is C15H19FN2O3. The molecular weight excluding hydrogens is 275 g/mol. The molecule has 1 saturated carbocycles. The van der Waals surface area contributed by atoms with Gasteiger partial charge < -0.3 is 15.7 Å². The fourth-order valence-electron chi connectivity index (χ4n) is 2.20. The van der Waals surface area contributed by atoms with E-state index in [0.717, 1.165) is 12.8 Å². The van der Waals surface area contributed by atoms with Crippen molar-refractivity contribution in [1.82, 2.24) is 4.90 Å². The lowest BCUT2D eigenvalue weighted by atomic mass is 10.1. The molecule has 1 aromatic rings. The van der Waals surface area contributed by atoms with E-state index in [4.69, 9.17) is 10.8 Å². The van der Waals surface area contributed by atoms with Crippen molar-refractivity contribution in [3.8, 4) is 0 Å². The summed E-state index contributed by atoms with van der Waals surface area (Å²) in [5.41, 5.74) is 6.22. The molecule has 0 radical (unpaired) electrons. The monoisotopic (exact) mass is 294 g/mol. The van der Waals surface area contributed by atoms with Crippen LogP contribution < -0.4 is 5.73 Å². The van der Waals surface area contributed by atoms with Gasteiger partial charge in [0, 0.05) is 24.6 Å². The number of aliphatic carboxylic acids is 1. The summed E-state index contributed by atoms with van der Waals surface area (Å²) in [4.78, 5) is 24.5. The number of rotatable bonds is 7. The molecule has 5 nitrogen and oxygen atoms in total. The summed E-state index contributed by atoms with van der Waals surface area (Å²) in [7, 11) is 0. The van der Waals surface area contributed by atoms with Gasteiger partial charge in [0.15, 0.2) is 0 Å². The molecule has 21 heavy (non-hydrogen) atoms. The second-order valence-electron chi connectivity index (χ2n) is 5.33. The van der Waals surface area contributed by atoms with Crippen molar-refractivity contribution < 1.29 is 19.1 Å². The third-order valence-electron chi connectivity index (χ3n) is 3.56. The minimum atomic E-state index is -0.981. The molecule has 1 aliphatic carbocycles. The lowest BCUT2D eigenvalue weighted by molar-refractivity contribution is -0.138. The van der Waals surface area contributed by atoms with E-state index >= 15 is 0 Å². The van der Waals surface area contributed by atoms with Crippen LogP contribution in [0, 0.1) is 5.82 Å². The lowest BCUT2D eigenvalue weighted by Gasteiger charge is -2.25. The smallest absolute Gasteiger partial charge is 0.303 e. The quantitative estimate of drug-likeness (QED) is 0.798. The van der Waals surface area contributed by atoms with Crippen molar-refractivity contribution >= 4 is 11.9 Å². The predicted octanol–water partition coefficient (Wildman–Crippen LogP) is 1.51. The number of benzene rings is 1. The van der Waals surface area contributed by atoms with E-state index in [0.29, 0.717) is 5.56 Å². The van der Waals surface area contributed by atoms with Gasteiger partial charge >= 0.3 is 5.97 Å². The molecule has 0 aliphatic heterocycles. The summed E-state index contributed by atoms with van der Waals surface area (Å²) in [6.45, 7) is 0.178. The second kappa shape index (κ2) is 6.67. The topological polar surface area (TPSA) is 83.6 Å². The van der Waals surface area contributed by atoms with Crippen LogP contribution >= 0.6 is 0 Å². The van der Waals surface area contributed by atoms with Gasteiger partial charge in [0.2, 0.25) is 5.91 Å². The summed E-state index contributed by atoms with van der Waals surface area (Å²) >= 11 is 0. The maximum Gasteiger partial charge on any atom is 0.303 e. The minimum Gasteiger partial charge on any atom is -0.481 e. The zero-order chi connectivity index (χ0) is 15.4. The number of hydrogen-bond acceptors (Lipinski definition) is 3. The molecule has 1 fully saturated rings. The maximum atomic E-state index is 13.7. The number of amides is 1. The summed E-state index contributed by atoms with van der Waals surface area (Å²) in [5, 5.41) is 8.65. The van der Waals surface area contributed by atoms with E-state index < -0.39 is 12.0 Å². The van der Waals surface area contributed by atoms with Gasteiger partial charge in [0.05, 0.1) is 6.04 Å². The van der Waals surface area contributed by atoms with Crippen molar-refractivity contribution in [3.05, 3.63) is 35.6 Å². The normalized spacial score (nSPS) is 15.5. The number of carbonyl (C=O) groups is 2. The molecule has 3 N–H and O–H groups in total. The van der Waals surface area contributed by atoms with Crippen LogP contribution in [0.4, 0.5) is 4.39 Å². The van der Waals surface area contributed by atoms with E-state index in [-0.39, 0.29) is 37.2 Å². The van der Waals surface area contributed by atoms with Crippen LogP contribution in [0.1, 0.15) is 31.2 Å². The molecule has 1 aliphatic rings. The maximum absolute atomic E-state index is 13.7. The number of hydrogen-bond donors (Lipinski definition) is 2. The Morgan fingerprint density at radius 3 is 2.62 bits per heavy atom. The third-order valence-corrected chi connectivity index (χ3v) is 3.56. The Morgan fingerprint density at radius 2 is 2.05 bits per heavy atom.